The van der Waals surface area contributed by atoms with Gasteiger partial charge in [-0.25, -0.2) is 0 Å². The molecule has 0 bridgehead atoms. The summed E-state index contributed by atoms with van der Waals surface area (Å²) in [6.45, 7) is -3.21. The van der Waals surface area contributed by atoms with E-state index in [1.165, 1.54) is 0 Å². The minimum Gasteiger partial charge on any atom is -0.478 e. The minimum absolute atomic E-state index is 0. The van der Waals surface area contributed by atoms with Gasteiger partial charge in [0, 0.05) is 0 Å². The third kappa shape index (κ3) is 11.0. The van der Waals surface area contributed by atoms with E-state index >= 15 is 0 Å². The van der Waals surface area contributed by atoms with Gasteiger partial charge in [0.2, 0.25) is 0 Å². The summed E-state index contributed by atoms with van der Waals surface area (Å²) < 4.78 is 77.1. The number of carbonyl (C=O) groups excluding carboxylic acids is 2. The normalized spacial score (nSPS) is 11.3. The van der Waals surface area contributed by atoms with Gasteiger partial charge in [-0.3, -0.25) is 9.59 Å². The molecule has 0 saturated heterocycles. The molecule has 0 heterocycles. The summed E-state index contributed by atoms with van der Waals surface area (Å²) in [4.78, 5) is 21.6. The average molecular weight is 304 g/mol. The standard InChI is InChI=1S/C8H7F6O4.Na/c1-4(5(15)17-2-7(9,10)11)6(16)18-3-8(12,13)14;/h2-3H2,1H3;/q-1;+1. The Hall–Kier alpha value is -0.610. The molecule has 0 rings (SSSR count). The Morgan fingerprint density at radius 1 is 0.895 bits per heavy atom. The number of hydrogen-bond acceptors (Lipinski definition) is 4. The van der Waals surface area contributed by atoms with Crippen LogP contribution in [0.25, 0.3) is 0 Å². The predicted octanol–water partition coefficient (Wildman–Crippen LogP) is -1.20. The van der Waals surface area contributed by atoms with Crippen molar-refractivity contribution in [2.45, 2.75) is 19.3 Å². The van der Waals surface area contributed by atoms with E-state index in [-0.39, 0.29) is 29.6 Å². The second-order valence-electron chi connectivity index (χ2n) is 3.01. The Morgan fingerprint density at radius 2 is 1.16 bits per heavy atom. The van der Waals surface area contributed by atoms with E-state index in [0.717, 1.165) is 0 Å². The van der Waals surface area contributed by atoms with Crippen molar-refractivity contribution in [2.75, 3.05) is 13.2 Å². The molecule has 0 aliphatic heterocycles. The zero-order chi connectivity index (χ0) is 14.6. The van der Waals surface area contributed by atoms with Gasteiger partial charge in [0.05, 0.1) is 0 Å². The van der Waals surface area contributed by atoms with Crippen molar-refractivity contribution >= 4 is 11.9 Å². The fourth-order valence-corrected chi connectivity index (χ4v) is 0.595. The van der Waals surface area contributed by atoms with Crippen LogP contribution in [-0.4, -0.2) is 37.5 Å². The number of esters is 2. The van der Waals surface area contributed by atoms with Crippen LogP contribution < -0.4 is 29.6 Å². The van der Waals surface area contributed by atoms with Gasteiger partial charge in [0.25, 0.3) is 0 Å². The van der Waals surface area contributed by atoms with E-state index in [1.54, 1.807) is 0 Å². The molecule has 0 aliphatic carbocycles. The Balaban J connectivity index is 0. The molecule has 4 nitrogen and oxygen atoms in total. The Labute approximate surface area is 125 Å². The van der Waals surface area contributed by atoms with E-state index in [4.69, 9.17) is 0 Å². The van der Waals surface area contributed by atoms with Gasteiger partial charge < -0.3 is 9.47 Å². The number of halogens is 6. The molecule has 0 aromatic heterocycles. The topological polar surface area (TPSA) is 52.6 Å². The average Bonchev–Trinajstić information content (AvgIpc) is 2.19. The maximum Gasteiger partial charge on any atom is 1.00 e. The van der Waals surface area contributed by atoms with E-state index in [0.29, 0.717) is 6.92 Å². The molecule has 0 amide bonds. The summed E-state index contributed by atoms with van der Waals surface area (Å²) in [5, 5.41) is 0. The third-order valence-corrected chi connectivity index (χ3v) is 1.35. The predicted molar refractivity (Wildman–Crippen MR) is 42.9 cm³/mol. The first kappa shape index (κ1) is 20.7. The molecule has 0 saturated carbocycles. The number of hydrogen-bond donors (Lipinski definition) is 0. The second-order valence-corrected chi connectivity index (χ2v) is 3.01. The van der Waals surface area contributed by atoms with Crippen LogP contribution in [-0.2, 0) is 19.1 Å². The fourth-order valence-electron chi connectivity index (χ4n) is 0.595. The van der Waals surface area contributed by atoms with Crippen molar-refractivity contribution in [3.8, 4) is 0 Å². The van der Waals surface area contributed by atoms with Crippen molar-refractivity contribution in [1.29, 1.82) is 0 Å². The number of ether oxygens (including phenoxy) is 2. The molecule has 0 aromatic carbocycles. The van der Waals surface area contributed by atoms with E-state index in [9.17, 15) is 35.9 Å². The molecule has 0 unspecified atom stereocenters. The first-order chi connectivity index (χ1) is 7.92. The SMILES string of the molecule is C[C-](C(=O)OCC(F)(F)F)C(=O)OCC(F)(F)F.[Na+]. The molecule has 19 heavy (non-hydrogen) atoms. The number of alkyl halides is 6. The van der Waals surface area contributed by atoms with Gasteiger partial charge in [-0.1, -0.05) is 0 Å². The summed E-state index contributed by atoms with van der Waals surface area (Å²) in [7, 11) is 0. The maximum absolute atomic E-state index is 11.6. The Bertz CT molecular complexity index is 283. The Kier molecular flexibility index (Phi) is 8.56. The molecule has 0 spiro atoms. The summed E-state index contributed by atoms with van der Waals surface area (Å²) >= 11 is 0. The molecule has 0 radical (unpaired) electrons. The molecule has 0 atom stereocenters. The maximum atomic E-state index is 11.6. The van der Waals surface area contributed by atoms with Gasteiger partial charge in [-0.05, 0) is 0 Å². The number of carbonyl (C=O) groups is 2. The van der Waals surface area contributed by atoms with Crippen molar-refractivity contribution in [3.63, 3.8) is 0 Å². The quantitative estimate of drug-likeness (QED) is 0.215. The van der Waals surface area contributed by atoms with Crippen LogP contribution in [0.3, 0.4) is 0 Å². The molecule has 0 aromatic rings. The molecule has 0 N–H and O–H groups in total. The summed E-state index contributed by atoms with van der Waals surface area (Å²) in [6.07, 6.45) is -9.60. The van der Waals surface area contributed by atoms with Gasteiger partial charge in [0.1, 0.15) is 0 Å². The van der Waals surface area contributed by atoms with Crippen LogP contribution in [0.15, 0.2) is 0 Å². The molecule has 0 aliphatic rings. The van der Waals surface area contributed by atoms with E-state index in [1.807, 2.05) is 0 Å². The van der Waals surface area contributed by atoms with Crippen LogP contribution >= 0.6 is 0 Å². The van der Waals surface area contributed by atoms with Crippen LogP contribution in [0.1, 0.15) is 6.92 Å². The minimum atomic E-state index is -4.80. The van der Waals surface area contributed by atoms with Gasteiger partial charge in [-0.2, -0.15) is 39.2 Å². The molecule has 106 valence electrons. The number of rotatable bonds is 4. The zero-order valence-electron chi connectivity index (χ0n) is 9.81. The van der Waals surface area contributed by atoms with E-state index < -0.39 is 43.4 Å². The first-order valence-electron chi connectivity index (χ1n) is 4.23. The van der Waals surface area contributed by atoms with Crippen LogP contribution in [0, 0.1) is 5.92 Å². The van der Waals surface area contributed by atoms with Crippen molar-refractivity contribution in [3.05, 3.63) is 5.92 Å². The van der Waals surface area contributed by atoms with Crippen molar-refractivity contribution in [1.82, 2.24) is 0 Å². The molecule has 0 fully saturated rings. The zero-order valence-corrected chi connectivity index (χ0v) is 11.8. The van der Waals surface area contributed by atoms with Crippen LogP contribution in [0.2, 0.25) is 0 Å². The van der Waals surface area contributed by atoms with Crippen molar-refractivity contribution in [2.24, 2.45) is 0 Å². The van der Waals surface area contributed by atoms with Crippen LogP contribution in [0.5, 0.6) is 0 Å². The molecular weight excluding hydrogens is 297 g/mol. The smallest absolute Gasteiger partial charge is 0.478 e. The second kappa shape index (κ2) is 7.85. The Morgan fingerprint density at radius 3 is 1.37 bits per heavy atom. The van der Waals surface area contributed by atoms with Crippen molar-refractivity contribution < 1.29 is 75.0 Å². The summed E-state index contributed by atoms with van der Waals surface area (Å²) in [5.74, 6) is -4.40. The van der Waals surface area contributed by atoms with Gasteiger partial charge in [-0.15, -0.1) is 0 Å². The van der Waals surface area contributed by atoms with Gasteiger partial charge >= 0.3 is 41.9 Å². The summed E-state index contributed by atoms with van der Waals surface area (Å²) in [5.41, 5.74) is 0. The largest absolute Gasteiger partial charge is 1.00 e. The van der Waals surface area contributed by atoms with Crippen LogP contribution in [0.4, 0.5) is 26.3 Å². The molecular formula is C8H7F6NaO4. The van der Waals surface area contributed by atoms with E-state index in [2.05, 4.69) is 9.47 Å². The van der Waals surface area contributed by atoms with Gasteiger partial charge in [0.15, 0.2) is 25.2 Å². The third-order valence-electron chi connectivity index (χ3n) is 1.35. The molecule has 11 heteroatoms. The summed E-state index contributed by atoms with van der Waals surface area (Å²) in [6, 6.07) is 0. The fraction of sp³-hybridized carbons (Fsp3) is 0.625. The first-order valence-corrected chi connectivity index (χ1v) is 4.23. The monoisotopic (exact) mass is 304 g/mol.